The summed E-state index contributed by atoms with van der Waals surface area (Å²) in [7, 11) is -3.43. The van der Waals surface area contributed by atoms with Gasteiger partial charge in [0.25, 0.3) is 0 Å². The molecule has 0 aliphatic rings. The van der Waals surface area contributed by atoms with Gasteiger partial charge in [-0.25, -0.2) is 13.2 Å². The summed E-state index contributed by atoms with van der Waals surface area (Å²) in [6.45, 7) is 4.11. The van der Waals surface area contributed by atoms with E-state index in [1.807, 2.05) is 60.7 Å². The van der Waals surface area contributed by atoms with Crippen molar-refractivity contribution in [1.29, 1.82) is 0 Å². The van der Waals surface area contributed by atoms with Crippen LogP contribution in [0.3, 0.4) is 0 Å². The molecule has 0 unspecified atom stereocenters. The molecule has 7 nitrogen and oxygen atoms in total. The van der Waals surface area contributed by atoms with Gasteiger partial charge in [0.1, 0.15) is 21.6 Å². The van der Waals surface area contributed by atoms with Gasteiger partial charge in [-0.3, -0.25) is 0 Å². The molecule has 0 spiro atoms. The number of methoxy groups -OCH3 is 1. The van der Waals surface area contributed by atoms with Crippen molar-refractivity contribution in [2.75, 3.05) is 20.3 Å². The van der Waals surface area contributed by atoms with Gasteiger partial charge >= 0.3 is 35.5 Å². The Labute approximate surface area is 375 Å². The van der Waals surface area contributed by atoms with E-state index in [0.29, 0.717) is 16.7 Å². The average Bonchev–Trinajstić information content (AvgIpc) is 3.18. The number of esters is 1. The van der Waals surface area contributed by atoms with E-state index in [4.69, 9.17) is 60.6 Å². The minimum Gasteiger partial charge on any atom is -0.744 e. The zero-order valence-corrected chi connectivity index (χ0v) is 37.4. The van der Waals surface area contributed by atoms with Crippen molar-refractivity contribution in [2.45, 2.75) is 30.6 Å². The normalized spacial score (nSPS) is 11.0. The molecule has 0 aliphatic carbocycles. The first kappa shape index (κ1) is 46.2. The third-order valence-electron chi connectivity index (χ3n) is 8.72. The molecule has 6 aromatic rings. The van der Waals surface area contributed by atoms with E-state index in [-0.39, 0.29) is 91.8 Å². The van der Waals surface area contributed by atoms with Crippen molar-refractivity contribution < 1.29 is 61.5 Å². The maximum Gasteiger partial charge on any atom is 1.00 e. The van der Waals surface area contributed by atoms with Crippen LogP contribution in [0.4, 0.5) is 0 Å². The van der Waals surface area contributed by atoms with Gasteiger partial charge < -0.3 is 18.8 Å². The summed E-state index contributed by atoms with van der Waals surface area (Å²) in [4.78, 5) is 11.8. The topological polar surface area (TPSA) is 102 Å². The summed E-state index contributed by atoms with van der Waals surface area (Å²) in [5.74, 6) is -0.666. The van der Waals surface area contributed by atoms with Gasteiger partial charge in [-0.2, -0.15) is 0 Å². The fraction of sp³-hybridized carbons (Fsp3) is 0.159. The second-order valence-corrected chi connectivity index (χ2v) is 15.3. The van der Waals surface area contributed by atoms with Crippen LogP contribution in [0, 0.1) is 0 Å². The number of carbonyl (C=O) groups is 1. The molecule has 0 fully saturated rings. The number of hydrogen-bond acceptors (Lipinski definition) is 7. The summed E-state index contributed by atoms with van der Waals surface area (Å²) in [5.41, 5.74) is 4.87. The summed E-state index contributed by atoms with van der Waals surface area (Å²) < 4.78 is 53.1. The molecular weight excluding hydrogens is 837 g/mol. The zero-order valence-electron chi connectivity index (χ0n) is 31.5. The molecule has 0 saturated heterocycles. The van der Waals surface area contributed by atoms with Crippen molar-refractivity contribution in [3.05, 3.63) is 192 Å². The van der Waals surface area contributed by atoms with Gasteiger partial charge in [0, 0.05) is 33.0 Å². The summed E-state index contributed by atoms with van der Waals surface area (Å²) in [6, 6.07) is 40.2. The van der Waals surface area contributed by atoms with Crippen LogP contribution in [0.2, 0.25) is 20.1 Å². The maximum atomic E-state index is 12.2. The quantitative estimate of drug-likeness (QED) is 0.0525. The van der Waals surface area contributed by atoms with Crippen LogP contribution in [0.5, 0.6) is 11.5 Å². The SMILES string of the molecule is CCOc1c(Cl)cc(Cl)cc1C(c1ccccc1S(=O)(=O)[O-])c1cc(Cl)cc(Cl)c1OCC.COC(=O)c1ccccc1C(c1ccccc1)c1ccccc1.[Na+]. The van der Waals surface area contributed by atoms with E-state index >= 15 is 0 Å². The van der Waals surface area contributed by atoms with Crippen molar-refractivity contribution in [2.24, 2.45) is 0 Å². The van der Waals surface area contributed by atoms with E-state index in [0.717, 1.165) is 16.7 Å². The molecule has 290 valence electrons. The van der Waals surface area contributed by atoms with Crippen LogP contribution >= 0.6 is 46.4 Å². The molecule has 0 saturated carbocycles. The van der Waals surface area contributed by atoms with Crippen LogP contribution in [-0.2, 0) is 14.9 Å². The smallest absolute Gasteiger partial charge is 0.744 e. The fourth-order valence-electron chi connectivity index (χ4n) is 6.52. The van der Waals surface area contributed by atoms with E-state index < -0.39 is 20.9 Å². The summed E-state index contributed by atoms with van der Waals surface area (Å²) in [6.07, 6.45) is 0. The summed E-state index contributed by atoms with van der Waals surface area (Å²) in [5, 5.41) is 1.02. The van der Waals surface area contributed by atoms with Gasteiger partial charge in [0.15, 0.2) is 0 Å². The Morgan fingerprint density at radius 3 is 1.46 bits per heavy atom. The first-order chi connectivity index (χ1) is 26.9. The third kappa shape index (κ3) is 11.4. The second-order valence-electron chi connectivity index (χ2n) is 12.2. The van der Waals surface area contributed by atoms with Crippen LogP contribution in [0.25, 0.3) is 0 Å². The van der Waals surface area contributed by atoms with Crippen molar-refractivity contribution in [3.8, 4) is 11.5 Å². The van der Waals surface area contributed by atoms with Crippen LogP contribution in [0.1, 0.15) is 69.4 Å². The molecule has 0 heterocycles. The van der Waals surface area contributed by atoms with Crippen LogP contribution < -0.4 is 39.0 Å². The Balaban J connectivity index is 0.000000263. The Kier molecular flexibility index (Phi) is 17.4. The minimum absolute atomic E-state index is 0. The van der Waals surface area contributed by atoms with E-state index in [2.05, 4.69) is 24.3 Å². The Bertz CT molecular complexity index is 2300. The fourth-order valence-corrected chi connectivity index (χ4v) is 8.37. The van der Waals surface area contributed by atoms with Gasteiger partial charge in [0.05, 0.1) is 40.8 Å². The predicted octanol–water partition coefficient (Wildman–Crippen LogP) is 8.84. The first-order valence-electron chi connectivity index (χ1n) is 17.4. The van der Waals surface area contributed by atoms with E-state index in [1.165, 1.54) is 37.4 Å². The molecule has 0 aliphatic heterocycles. The molecule has 6 aromatic carbocycles. The van der Waals surface area contributed by atoms with Crippen molar-refractivity contribution in [1.82, 2.24) is 0 Å². The largest absolute Gasteiger partial charge is 1.00 e. The molecular formula is C44H37Cl4NaO7S. The standard InChI is InChI=1S/C23H20Cl4O5S.C21H18O2.Na/c1-3-31-22-16(9-13(24)11-18(22)26)21(15-7-5-6-8-20(15)33(28,29)30)17-10-14(25)12-19(27)23(17)32-4-2;1-23-21(22)19-15-9-8-14-18(19)20(16-10-4-2-5-11-16)17-12-6-3-7-13-17;/h5-12,21H,3-4H2,1-2H3,(H,28,29,30);2-15,20H,1H3;/q;;+1/p-1. The average molecular weight is 875 g/mol. The van der Waals surface area contributed by atoms with Gasteiger partial charge in [-0.15, -0.1) is 0 Å². The van der Waals surface area contributed by atoms with E-state index in [9.17, 15) is 17.8 Å². The number of carbonyl (C=O) groups excluding carboxylic acids is 1. The molecule has 0 amide bonds. The van der Waals surface area contributed by atoms with Crippen molar-refractivity contribution >= 4 is 62.5 Å². The predicted molar refractivity (Wildman–Crippen MR) is 222 cm³/mol. The Morgan fingerprint density at radius 2 is 1.02 bits per heavy atom. The maximum absolute atomic E-state index is 12.2. The summed E-state index contributed by atoms with van der Waals surface area (Å²) >= 11 is 25.6. The Hall–Kier alpha value is -3.54. The minimum atomic E-state index is -4.85. The number of ether oxygens (including phenoxy) is 3. The molecule has 6 rings (SSSR count). The van der Waals surface area contributed by atoms with Crippen LogP contribution in [0.15, 0.2) is 138 Å². The number of rotatable bonds is 12. The first-order valence-corrected chi connectivity index (χ1v) is 20.4. The van der Waals surface area contributed by atoms with Crippen LogP contribution in [-0.4, -0.2) is 39.3 Å². The molecule has 57 heavy (non-hydrogen) atoms. The second kappa shape index (κ2) is 21.5. The third-order valence-corrected chi connectivity index (χ3v) is 10.6. The van der Waals surface area contributed by atoms with E-state index in [1.54, 1.807) is 32.0 Å². The zero-order chi connectivity index (χ0) is 40.4. The van der Waals surface area contributed by atoms with Gasteiger partial charge in [-0.05, 0) is 72.5 Å². The molecule has 0 bridgehead atoms. The van der Waals surface area contributed by atoms with Crippen molar-refractivity contribution in [3.63, 3.8) is 0 Å². The molecule has 0 aromatic heterocycles. The van der Waals surface area contributed by atoms with Gasteiger partial charge in [0.2, 0.25) is 0 Å². The molecule has 0 radical (unpaired) electrons. The number of hydrogen-bond donors (Lipinski definition) is 0. The monoisotopic (exact) mass is 872 g/mol. The number of benzene rings is 6. The molecule has 0 N–H and O–H groups in total. The molecule has 0 atom stereocenters. The number of halogens is 4. The Morgan fingerprint density at radius 1 is 0.596 bits per heavy atom. The van der Waals surface area contributed by atoms with Gasteiger partial charge in [-0.1, -0.05) is 143 Å². The molecule has 13 heteroatoms.